The normalized spacial score (nSPS) is 46.6. The Morgan fingerprint density at radius 2 is 1.77 bits per heavy atom. The molecule has 2 saturated heterocycles. The van der Waals surface area contributed by atoms with E-state index in [-0.39, 0.29) is 48.0 Å². The van der Waals surface area contributed by atoms with Crippen molar-refractivity contribution in [1.29, 1.82) is 0 Å². The predicted molar refractivity (Wildman–Crippen MR) is 204 cm³/mol. The number of nitrogens with two attached hydrogens (primary N) is 2. The van der Waals surface area contributed by atoms with Gasteiger partial charge in [0.25, 0.3) is 0 Å². The molecule has 0 bridgehead atoms. The molecule has 9 nitrogen and oxygen atoms in total. The zero-order valence-corrected chi connectivity index (χ0v) is 33.3. The van der Waals surface area contributed by atoms with Crippen molar-refractivity contribution in [2.75, 3.05) is 13.2 Å². The maximum Gasteiger partial charge on any atom is 0.159 e. The highest BCUT2D eigenvalue weighted by molar-refractivity contribution is 5.95. The van der Waals surface area contributed by atoms with Crippen LogP contribution in [0.15, 0.2) is 11.6 Å². The molecule has 15 atom stereocenters. The fraction of sp³-hybridized carbons (Fsp3) is 0.932. The van der Waals surface area contributed by atoms with E-state index in [1.54, 1.807) is 6.08 Å². The molecular formula is C44H75N2O7+. The van der Waals surface area contributed by atoms with Crippen LogP contribution >= 0.6 is 0 Å². The van der Waals surface area contributed by atoms with Crippen molar-refractivity contribution in [3.8, 4) is 0 Å². The van der Waals surface area contributed by atoms with Gasteiger partial charge < -0.3 is 35.6 Å². The zero-order valence-electron chi connectivity index (χ0n) is 33.3. The second kappa shape index (κ2) is 15.8. The van der Waals surface area contributed by atoms with Crippen LogP contribution in [0.5, 0.6) is 0 Å². The molecule has 2 unspecified atom stereocenters. The number of fused-ring (bicyclic) bond motifs is 5. The topological polar surface area (TPSA) is 170 Å². The lowest BCUT2D eigenvalue weighted by molar-refractivity contribution is -0.703. The van der Waals surface area contributed by atoms with Crippen molar-refractivity contribution >= 4 is 5.78 Å². The van der Waals surface area contributed by atoms with E-state index in [0.717, 1.165) is 89.2 Å². The number of unbranched alkanes of at least 4 members (excludes halogenated alkanes) is 3. The van der Waals surface area contributed by atoms with Crippen molar-refractivity contribution < 1.29 is 40.4 Å². The fourth-order valence-corrected chi connectivity index (χ4v) is 14.3. The van der Waals surface area contributed by atoms with Gasteiger partial charge >= 0.3 is 0 Å². The summed E-state index contributed by atoms with van der Waals surface area (Å²) in [4.78, 5) is 14.5. The molecule has 0 radical (unpaired) electrons. The van der Waals surface area contributed by atoms with Crippen molar-refractivity contribution in [1.82, 2.24) is 0 Å². The molecule has 0 aromatic heterocycles. The summed E-state index contributed by atoms with van der Waals surface area (Å²) in [7, 11) is 0. The van der Waals surface area contributed by atoms with Crippen LogP contribution in [0.4, 0.5) is 0 Å². The molecule has 2 heterocycles. The van der Waals surface area contributed by atoms with Crippen molar-refractivity contribution in [2.45, 2.75) is 191 Å². The van der Waals surface area contributed by atoms with Gasteiger partial charge in [-0.15, -0.1) is 0 Å². The molecule has 4 saturated carbocycles. The minimum Gasteiger partial charge on any atom is -0.390 e. The Bertz CT molecular complexity index is 1310. The number of rotatable bonds is 12. The lowest BCUT2D eigenvalue weighted by Crippen LogP contribution is -2.95. The van der Waals surface area contributed by atoms with E-state index >= 15 is 0 Å². The molecule has 9 heteroatoms. The molecule has 9 N–H and O–H groups in total. The summed E-state index contributed by atoms with van der Waals surface area (Å²) >= 11 is 0. The van der Waals surface area contributed by atoms with E-state index < -0.39 is 46.4 Å². The van der Waals surface area contributed by atoms with Crippen LogP contribution in [0.2, 0.25) is 0 Å². The SMILES string of the molecule is CCCCCC[C@H]1CO[C@@H]([C@@H](O)[C@](C)(O)[C@@H]2CC[C@]3(O)C4=CC(=O)[C@H]5C[C@@H](O)[C@@H](O)C[C@]5(CCC5CCC(N)[NH2+]C5)[C@@H]4CC[C@]23C2CCCCC2)[C@H]1C. The summed E-state index contributed by atoms with van der Waals surface area (Å²) in [6.07, 6.45) is 16.6. The standard InChI is InChI=1S/C44H74N2O7/c1-4-5-6-8-11-29-26-53-39(27(29)2)40(50)41(3,51)37-18-21-44(52)32-22-34(47)33-23-35(48)36(49)24-42(33,19-16-28-14-15-38(45)46-25-28)31(32)17-20-43(37,44)30-12-9-7-10-13-30/h22,27-31,33,35-40,46,48-52H,4-21,23-26,45H2,1-3H3/p+1/t27-,28?,29-,31+,33+,35+,36-,37-,38?,39+,40+,41+,42+,43-,44-/m0/s1. The van der Waals surface area contributed by atoms with Crippen LogP contribution < -0.4 is 11.1 Å². The number of ketones is 1. The molecule has 53 heavy (non-hydrogen) atoms. The molecular weight excluding hydrogens is 668 g/mol. The molecule has 2 aliphatic heterocycles. The highest BCUT2D eigenvalue weighted by Gasteiger charge is 2.73. The Morgan fingerprint density at radius 3 is 2.49 bits per heavy atom. The largest absolute Gasteiger partial charge is 0.390 e. The van der Waals surface area contributed by atoms with Crippen LogP contribution in [0, 0.1) is 52.3 Å². The quantitative estimate of drug-likeness (QED) is 0.143. The number of carbonyl (C=O) groups excluding carboxylic acids is 1. The average molecular weight is 744 g/mol. The number of hydrogen-bond donors (Lipinski definition) is 7. The first-order valence-corrected chi connectivity index (χ1v) is 22.3. The number of aliphatic hydroxyl groups is 5. The van der Waals surface area contributed by atoms with Gasteiger partial charge in [-0.05, 0) is 131 Å². The summed E-state index contributed by atoms with van der Waals surface area (Å²) in [5.74, 6) is 0.311. The first-order valence-electron chi connectivity index (χ1n) is 22.3. The van der Waals surface area contributed by atoms with Gasteiger partial charge in [-0.3, -0.25) is 10.5 Å². The number of aliphatic hydroxyl groups excluding tert-OH is 3. The summed E-state index contributed by atoms with van der Waals surface area (Å²) in [5.41, 5.74) is 3.05. The second-order valence-corrected chi connectivity index (χ2v) is 19.8. The Hall–Kier alpha value is -0.910. The monoisotopic (exact) mass is 744 g/mol. The zero-order chi connectivity index (χ0) is 37.8. The van der Waals surface area contributed by atoms with E-state index in [2.05, 4.69) is 19.2 Å². The third-order valence-electron chi connectivity index (χ3n) is 17.3. The summed E-state index contributed by atoms with van der Waals surface area (Å²) < 4.78 is 6.37. The van der Waals surface area contributed by atoms with Crippen LogP contribution in [0.3, 0.4) is 0 Å². The second-order valence-electron chi connectivity index (χ2n) is 19.8. The van der Waals surface area contributed by atoms with Gasteiger partial charge in [-0.2, -0.15) is 0 Å². The lowest BCUT2D eigenvalue weighted by atomic mass is 9.41. The smallest absolute Gasteiger partial charge is 0.159 e. The maximum atomic E-state index is 14.5. The molecule has 302 valence electrons. The van der Waals surface area contributed by atoms with Gasteiger partial charge in [0.05, 0.1) is 42.7 Å². The molecule has 0 aromatic rings. The van der Waals surface area contributed by atoms with Gasteiger partial charge in [0, 0.05) is 23.7 Å². The van der Waals surface area contributed by atoms with Crippen LogP contribution in [0.1, 0.15) is 149 Å². The maximum absolute atomic E-state index is 14.5. The highest BCUT2D eigenvalue weighted by atomic mass is 16.5. The number of hydrogen-bond acceptors (Lipinski definition) is 8. The van der Waals surface area contributed by atoms with Crippen molar-refractivity contribution in [3.05, 3.63) is 11.6 Å². The van der Waals surface area contributed by atoms with E-state index in [4.69, 9.17) is 10.5 Å². The van der Waals surface area contributed by atoms with E-state index in [1.165, 1.54) is 25.7 Å². The molecule has 5 aliphatic carbocycles. The molecule has 6 fully saturated rings. The van der Waals surface area contributed by atoms with Crippen LogP contribution in [0.25, 0.3) is 0 Å². The molecule has 0 amide bonds. The third-order valence-corrected chi connectivity index (χ3v) is 17.3. The Kier molecular flexibility index (Phi) is 12.0. The number of ether oxygens (including phenoxy) is 1. The Labute approximate surface area is 319 Å². The van der Waals surface area contributed by atoms with Gasteiger partial charge in [-0.25, -0.2) is 0 Å². The van der Waals surface area contributed by atoms with Crippen LogP contribution in [-0.2, 0) is 9.53 Å². The van der Waals surface area contributed by atoms with Gasteiger partial charge in [0.2, 0.25) is 0 Å². The van der Waals surface area contributed by atoms with Gasteiger partial charge in [-0.1, -0.05) is 58.8 Å². The summed E-state index contributed by atoms with van der Waals surface area (Å²) in [5, 5.41) is 63.2. The summed E-state index contributed by atoms with van der Waals surface area (Å²) in [6.45, 7) is 7.80. The summed E-state index contributed by atoms with van der Waals surface area (Å²) in [6, 6.07) is 0. The minimum atomic E-state index is -1.49. The van der Waals surface area contributed by atoms with Gasteiger partial charge in [0.15, 0.2) is 5.78 Å². The molecule has 0 aromatic carbocycles. The Morgan fingerprint density at radius 1 is 1.00 bits per heavy atom. The third kappa shape index (κ3) is 6.85. The van der Waals surface area contributed by atoms with Crippen molar-refractivity contribution in [2.24, 2.45) is 58.0 Å². The molecule has 7 aliphatic rings. The van der Waals surface area contributed by atoms with E-state index in [9.17, 15) is 30.3 Å². The average Bonchev–Trinajstić information content (AvgIpc) is 3.68. The predicted octanol–water partition coefficient (Wildman–Crippen LogP) is 4.50. The molecule has 0 spiro atoms. The lowest BCUT2D eigenvalue weighted by Gasteiger charge is -2.64. The minimum absolute atomic E-state index is 0.0132. The Balaban J connectivity index is 1.21. The van der Waals surface area contributed by atoms with E-state index in [1.807, 2.05) is 6.92 Å². The highest BCUT2D eigenvalue weighted by Crippen LogP contribution is 2.73. The molecule has 7 rings (SSSR count). The number of quaternary nitrogens is 1. The van der Waals surface area contributed by atoms with Crippen LogP contribution in [-0.4, -0.2) is 86.3 Å². The fourth-order valence-electron chi connectivity index (χ4n) is 14.3. The number of allylic oxidation sites excluding steroid dienone is 1. The van der Waals surface area contributed by atoms with E-state index in [0.29, 0.717) is 37.7 Å². The number of carbonyl (C=O) groups is 1. The van der Waals surface area contributed by atoms with Crippen molar-refractivity contribution in [3.63, 3.8) is 0 Å². The number of piperidine rings is 1. The van der Waals surface area contributed by atoms with Gasteiger partial charge in [0.1, 0.15) is 12.3 Å². The first-order chi connectivity index (χ1) is 25.3. The first kappa shape index (κ1) is 40.3.